The molecule has 4 heteroatoms. The lowest BCUT2D eigenvalue weighted by molar-refractivity contribution is 0.0979. The third-order valence-corrected chi connectivity index (χ3v) is 3.05. The highest BCUT2D eigenvalue weighted by Crippen LogP contribution is 2.28. The van der Waals surface area contributed by atoms with Crippen molar-refractivity contribution in [3.8, 4) is 11.5 Å². The predicted molar refractivity (Wildman–Crippen MR) is 71.5 cm³/mol. The van der Waals surface area contributed by atoms with E-state index in [0.29, 0.717) is 23.5 Å². The second-order valence-corrected chi connectivity index (χ2v) is 4.43. The Kier molecular flexibility index (Phi) is 6.05. The molecular weight excluding hydrogens is 284 g/mol. The van der Waals surface area contributed by atoms with Crippen LogP contribution in [0.25, 0.3) is 0 Å². The molecule has 0 aliphatic carbocycles. The van der Waals surface area contributed by atoms with Crippen molar-refractivity contribution in [1.82, 2.24) is 0 Å². The fourth-order valence-electron chi connectivity index (χ4n) is 1.53. The van der Waals surface area contributed by atoms with Crippen LogP contribution in [0.15, 0.2) is 18.2 Å². The molecule has 3 nitrogen and oxygen atoms in total. The van der Waals surface area contributed by atoms with Crippen molar-refractivity contribution in [2.45, 2.75) is 19.3 Å². The van der Waals surface area contributed by atoms with E-state index in [4.69, 9.17) is 9.47 Å². The lowest BCUT2D eigenvalue weighted by Crippen LogP contribution is -2.00. The zero-order valence-electron chi connectivity index (χ0n) is 10.2. The van der Waals surface area contributed by atoms with Crippen LogP contribution in [-0.4, -0.2) is 25.3 Å². The molecule has 0 amide bonds. The summed E-state index contributed by atoms with van der Waals surface area (Å²) in [6, 6.07) is 5.27. The summed E-state index contributed by atoms with van der Waals surface area (Å²) in [6.07, 6.45) is 2.48. The first-order chi connectivity index (χ1) is 8.22. The van der Waals surface area contributed by atoms with E-state index in [9.17, 15) is 4.79 Å². The zero-order chi connectivity index (χ0) is 12.7. The summed E-state index contributed by atoms with van der Waals surface area (Å²) in [7, 11) is 3.15. The molecule has 94 valence electrons. The van der Waals surface area contributed by atoms with Gasteiger partial charge in [0.2, 0.25) is 0 Å². The van der Waals surface area contributed by atoms with Gasteiger partial charge in [0.25, 0.3) is 0 Å². The Balaban J connectivity index is 2.74. The van der Waals surface area contributed by atoms with Crippen molar-refractivity contribution >= 4 is 21.7 Å². The van der Waals surface area contributed by atoms with Crippen LogP contribution in [0.3, 0.4) is 0 Å². The van der Waals surface area contributed by atoms with Gasteiger partial charge in [-0.2, -0.15) is 0 Å². The molecular formula is C13H17BrO3. The molecule has 1 rings (SSSR count). The second-order valence-electron chi connectivity index (χ2n) is 3.64. The van der Waals surface area contributed by atoms with Crippen LogP contribution in [0.1, 0.15) is 29.6 Å². The van der Waals surface area contributed by atoms with Gasteiger partial charge in [-0.25, -0.2) is 0 Å². The molecule has 17 heavy (non-hydrogen) atoms. The second kappa shape index (κ2) is 7.33. The Bertz CT molecular complexity index is 377. The molecule has 1 aromatic carbocycles. The number of methoxy groups -OCH3 is 2. The number of unbranched alkanes of at least 4 members (excludes halogenated alkanes) is 1. The summed E-state index contributed by atoms with van der Waals surface area (Å²) in [4.78, 5) is 11.9. The van der Waals surface area contributed by atoms with E-state index in [1.807, 2.05) is 0 Å². The van der Waals surface area contributed by atoms with Crippen molar-refractivity contribution < 1.29 is 14.3 Å². The Hall–Kier alpha value is -1.03. The van der Waals surface area contributed by atoms with Crippen LogP contribution in [0.2, 0.25) is 0 Å². The fraction of sp³-hybridized carbons (Fsp3) is 0.462. The highest BCUT2D eigenvalue weighted by atomic mass is 79.9. The molecule has 0 saturated carbocycles. The minimum absolute atomic E-state index is 0.145. The molecule has 0 unspecified atom stereocenters. The molecule has 0 heterocycles. The molecule has 0 aromatic heterocycles. The largest absolute Gasteiger partial charge is 0.493 e. The summed E-state index contributed by atoms with van der Waals surface area (Å²) in [5, 5.41) is 0.937. The molecule has 0 bridgehead atoms. The highest BCUT2D eigenvalue weighted by Gasteiger charge is 2.10. The first-order valence-electron chi connectivity index (χ1n) is 5.54. The van der Waals surface area contributed by atoms with Crippen LogP contribution in [-0.2, 0) is 0 Å². The van der Waals surface area contributed by atoms with Crippen LogP contribution < -0.4 is 9.47 Å². The van der Waals surface area contributed by atoms with Gasteiger partial charge >= 0.3 is 0 Å². The maximum absolute atomic E-state index is 11.9. The van der Waals surface area contributed by atoms with Crippen LogP contribution >= 0.6 is 15.9 Å². The highest BCUT2D eigenvalue weighted by molar-refractivity contribution is 9.09. The number of ketones is 1. The number of benzene rings is 1. The number of ether oxygens (including phenoxy) is 2. The summed E-state index contributed by atoms with van der Waals surface area (Å²) in [6.45, 7) is 0. The lowest BCUT2D eigenvalue weighted by Gasteiger charge is -2.08. The molecule has 0 spiro atoms. The summed E-state index contributed by atoms with van der Waals surface area (Å²) < 4.78 is 10.3. The molecule has 0 atom stereocenters. The Morgan fingerprint density at radius 1 is 1.18 bits per heavy atom. The van der Waals surface area contributed by atoms with E-state index < -0.39 is 0 Å². The van der Waals surface area contributed by atoms with Crippen molar-refractivity contribution in [1.29, 1.82) is 0 Å². The van der Waals surface area contributed by atoms with Crippen LogP contribution in [0, 0.1) is 0 Å². The van der Waals surface area contributed by atoms with Gasteiger partial charge < -0.3 is 9.47 Å². The van der Waals surface area contributed by atoms with Gasteiger partial charge in [-0.15, -0.1) is 0 Å². The summed E-state index contributed by atoms with van der Waals surface area (Å²) in [5.74, 6) is 1.38. The molecule has 0 aliphatic heterocycles. The number of halogens is 1. The standard InChI is InChI=1S/C13H17BrO3/c1-16-12-7-6-10(9-13(12)17-2)11(15)5-3-4-8-14/h6-7,9H,3-5,8H2,1-2H3. The van der Waals surface area contributed by atoms with Gasteiger partial charge in [0.1, 0.15) is 0 Å². The van der Waals surface area contributed by atoms with Crippen molar-refractivity contribution in [2.75, 3.05) is 19.5 Å². The molecule has 0 saturated heterocycles. The average Bonchev–Trinajstić information content (AvgIpc) is 2.38. The van der Waals surface area contributed by atoms with E-state index in [-0.39, 0.29) is 5.78 Å². The number of rotatable bonds is 7. The number of carbonyl (C=O) groups excluding carboxylic acids is 1. The quantitative estimate of drug-likeness (QED) is 0.439. The third-order valence-electron chi connectivity index (χ3n) is 2.49. The lowest BCUT2D eigenvalue weighted by atomic mass is 10.1. The Morgan fingerprint density at radius 3 is 2.47 bits per heavy atom. The van der Waals surface area contributed by atoms with Gasteiger partial charge in [0, 0.05) is 17.3 Å². The topological polar surface area (TPSA) is 35.5 Å². The summed E-state index contributed by atoms with van der Waals surface area (Å²) in [5.41, 5.74) is 0.678. The van der Waals surface area contributed by atoms with E-state index in [1.54, 1.807) is 32.4 Å². The molecule has 0 N–H and O–H groups in total. The van der Waals surface area contributed by atoms with Crippen molar-refractivity contribution in [2.24, 2.45) is 0 Å². The molecule has 0 aliphatic rings. The first-order valence-corrected chi connectivity index (χ1v) is 6.66. The normalized spacial score (nSPS) is 10.1. The third kappa shape index (κ3) is 4.04. The maximum Gasteiger partial charge on any atom is 0.163 e. The monoisotopic (exact) mass is 300 g/mol. The SMILES string of the molecule is COc1ccc(C(=O)CCCCBr)cc1OC. The van der Waals surface area contributed by atoms with E-state index in [2.05, 4.69) is 15.9 Å². The Labute approximate surface area is 110 Å². The van der Waals surface area contributed by atoms with Gasteiger partial charge in [-0.3, -0.25) is 4.79 Å². The van der Waals surface area contributed by atoms with Crippen LogP contribution in [0.5, 0.6) is 11.5 Å². The van der Waals surface area contributed by atoms with Crippen molar-refractivity contribution in [3.05, 3.63) is 23.8 Å². The number of alkyl halides is 1. The fourth-order valence-corrected chi connectivity index (χ4v) is 1.93. The molecule has 1 aromatic rings. The van der Waals surface area contributed by atoms with E-state index in [0.717, 1.165) is 18.2 Å². The average molecular weight is 301 g/mol. The van der Waals surface area contributed by atoms with Crippen LogP contribution in [0.4, 0.5) is 0 Å². The van der Waals surface area contributed by atoms with E-state index >= 15 is 0 Å². The zero-order valence-corrected chi connectivity index (χ0v) is 11.7. The maximum atomic E-state index is 11.9. The minimum atomic E-state index is 0.145. The first kappa shape index (κ1) is 14.0. The smallest absolute Gasteiger partial charge is 0.163 e. The van der Waals surface area contributed by atoms with Crippen molar-refractivity contribution in [3.63, 3.8) is 0 Å². The molecule has 0 radical (unpaired) electrons. The predicted octanol–water partition coefficient (Wildman–Crippen LogP) is 3.45. The number of hydrogen-bond acceptors (Lipinski definition) is 3. The number of Topliss-reactive ketones (excluding diaryl/α,β-unsaturated/α-hetero) is 1. The Morgan fingerprint density at radius 2 is 1.88 bits per heavy atom. The number of carbonyl (C=O) groups is 1. The minimum Gasteiger partial charge on any atom is -0.493 e. The van der Waals surface area contributed by atoms with E-state index in [1.165, 1.54) is 0 Å². The van der Waals surface area contributed by atoms with Gasteiger partial charge in [0.05, 0.1) is 14.2 Å². The van der Waals surface area contributed by atoms with Gasteiger partial charge in [-0.05, 0) is 31.0 Å². The van der Waals surface area contributed by atoms with Gasteiger partial charge in [-0.1, -0.05) is 15.9 Å². The molecule has 0 fully saturated rings. The number of hydrogen-bond donors (Lipinski definition) is 0. The summed E-state index contributed by atoms with van der Waals surface area (Å²) >= 11 is 3.35. The van der Waals surface area contributed by atoms with Gasteiger partial charge in [0.15, 0.2) is 17.3 Å².